The van der Waals surface area contributed by atoms with E-state index in [1.807, 2.05) is 31.2 Å². The van der Waals surface area contributed by atoms with Crippen LogP contribution in [0.2, 0.25) is 0 Å². The van der Waals surface area contributed by atoms with Crippen molar-refractivity contribution in [3.8, 4) is 5.75 Å². The van der Waals surface area contributed by atoms with E-state index in [1.54, 1.807) is 13.2 Å². The molecule has 17 heavy (non-hydrogen) atoms. The average molecular weight is 254 g/mol. The second-order valence-corrected chi connectivity index (χ2v) is 3.93. The number of nitrogens with one attached hydrogen (secondary N) is 1. The van der Waals surface area contributed by atoms with Gasteiger partial charge in [-0.25, -0.2) is 0 Å². The first kappa shape index (κ1) is 13.5. The van der Waals surface area contributed by atoms with E-state index in [4.69, 9.17) is 21.4 Å². The fourth-order valence-corrected chi connectivity index (χ4v) is 1.30. The minimum Gasteiger partial charge on any atom is -0.499 e. The predicted octanol–water partition coefficient (Wildman–Crippen LogP) is 3.33. The lowest BCUT2D eigenvalue weighted by atomic mass is 10.2. The third kappa shape index (κ3) is 5.31. The van der Waals surface area contributed by atoms with E-state index in [1.165, 1.54) is 6.08 Å². The number of aliphatic hydroxyl groups is 1. The highest BCUT2D eigenvalue weighted by atomic mass is 35.5. The van der Waals surface area contributed by atoms with Gasteiger partial charge in [0.15, 0.2) is 5.22 Å². The summed E-state index contributed by atoms with van der Waals surface area (Å²) >= 11 is 5.30. The van der Waals surface area contributed by atoms with Crippen LogP contribution in [-0.4, -0.2) is 12.2 Å². The van der Waals surface area contributed by atoms with E-state index in [2.05, 4.69) is 5.32 Å². The summed E-state index contributed by atoms with van der Waals surface area (Å²) in [6.45, 7) is 2.61. The molecule has 0 aliphatic heterocycles. The van der Waals surface area contributed by atoms with Gasteiger partial charge in [0.25, 0.3) is 0 Å². The van der Waals surface area contributed by atoms with Crippen molar-refractivity contribution in [2.24, 2.45) is 0 Å². The van der Waals surface area contributed by atoms with E-state index in [-0.39, 0.29) is 5.22 Å². The number of aliphatic hydroxyl groups excluding tert-OH is 1. The summed E-state index contributed by atoms with van der Waals surface area (Å²) in [4.78, 5) is 0. The second-order valence-electron chi connectivity index (χ2n) is 3.54. The average Bonchev–Trinajstić information content (AvgIpc) is 2.34. The minimum absolute atomic E-state index is 0.226. The predicted molar refractivity (Wildman–Crippen MR) is 70.2 cm³/mol. The van der Waals surface area contributed by atoms with Crippen LogP contribution in [-0.2, 0) is 6.54 Å². The maximum absolute atomic E-state index is 8.78. The summed E-state index contributed by atoms with van der Waals surface area (Å²) in [7, 11) is 1.64. The Labute approximate surface area is 106 Å². The lowest BCUT2D eigenvalue weighted by molar-refractivity contribution is 0.414. The van der Waals surface area contributed by atoms with Crippen molar-refractivity contribution in [3.05, 3.63) is 52.9 Å². The molecule has 0 fully saturated rings. The summed E-state index contributed by atoms with van der Waals surface area (Å²) in [6, 6.07) is 7.82. The SMILES string of the molecule is COc1ccc(CN/C(C)=C/C=C(\O)Cl)cc1. The topological polar surface area (TPSA) is 41.5 Å². The van der Waals surface area contributed by atoms with Gasteiger partial charge < -0.3 is 15.2 Å². The first-order chi connectivity index (χ1) is 8.11. The molecule has 0 aromatic heterocycles. The van der Waals surface area contributed by atoms with Crippen LogP contribution in [0, 0.1) is 0 Å². The van der Waals surface area contributed by atoms with Crippen LogP contribution >= 0.6 is 11.6 Å². The molecule has 0 radical (unpaired) electrons. The Hall–Kier alpha value is -1.61. The third-order valence-corrected chi connectivity index (χ3v) is 2.33. The van der Waals surface area contributed by atoms with Crippen LogP contribution in [0.5, 0.6) is 5.75 Å². The molecule has 3 nitrogen and oxygen atoms in total. The third-order valence-electron chi connectivity index (χ3n) is 2.20. The Kier molecular flexibility index (Phi) is 5.43. The highest BCUT2D eigenvalue weighted by Crippen LogP contribution is 2.11. The molecule has 0 amide bonds. The monoisotopic (exact) mass is 253 g/mol. The van der Waals surface area contributed by atoms with Crippen molar-refractivity contribution >= 4 is 11.6 Å². The molecule has 0 heterocycles. The van der Waals surface area contributed by atoms with Crippen molar-refractivity contribution in [2.75, 3.05) is 7.11 Å². The summed E-state index contributed by atoms with van der Waals surface area (Å²) in [5.41, 5.74) is 2.07. The van der Waals surface area contributed by atoms with Gasteiger partial charge in [-0.15, -0.1) is 0 Å². The van der Waals surface area contributed by atoms with E-state index in [0.717, 1.165) is 17.0 Å². The largest absolute Gasteiger partial charge is 0.499 e. The molecule has 1 rings (SSSR count). The number of allylic oxidation sites excluding steroid dienone is 3. The molecular weight excluding hydrogens is 238 g/mol. The Morgan fingerprint density at radius 3 is 2.53 bits per heavy atom. The highest BCUT2D eigenvalue weighted by molar-refractivity contribution is 6.28. The summed E-state index contributed by atoms with van der Waals surface area (Å²) in [5, 5.41) is 11.8. The first-order valence-corrected chi connectivity index (χ1v) is 5.59. The van der Waals surface area contributed by atoms with Gasteiger partial charge in [-0.1, -0.05) is 12.1 Å². The molecule has 1 aromatic rings. The number of halogens is 1. The number of rotatable bonds is 5. The van der Waals surface area contributed by atoms with Gasteiger partial charge in [0.2, 0.25) is 0 Å². The Morgan fingerprint density at radius 2 is 2.00 bits per heavy atom. The van der Waals surface area contributed by atoms with E-state index >= 15 is 0 Å². The maximum atomic E-state index is 8.78. The van der Waals surface area contributed by atoms with Crippen LogP contribution in [0.15, 0.2) is 47.3 Å². The summed E-state index contributed by atoms with van der Waals surface area (Å²) in [5.74, 6) is 0.844. The molecule has 1 aromatic carbocycles. The molecule has 0 aliphatic carbocycles. The van der Waals surface area contributed by atoms with Gasteiger partial charge in [-0.3, -0.25) is 0 Å². The van der Waals surface area contributed by atoms with Crippen LogP contribution < -0.4 is 10.1 Å². The lowest BCUT2D eigenvalue weighted by Crippen LogP contribution is -2.10. The van der Waals surface area contributed by atoms with E-state index in [9.17, 15) is 0 Å². The first-order valence-electron chi connectivity index (χ1n) is 5.21. The van der Waals surface area contributed by atoms with Crippen LogP contribution in [0.4, 0.5) is 0 Å². The van der Waals surface area contributed by atoms with Gasteiger partial charge >= 0.3 is 0 Å². The van der Waals surface area contributed by atoms with E-state index < -0.39 is 0 Å². The molecule has 0 saturated carbocycles. The molecule has 4 heteroatoms. The zero-order chi connectivity index (χ0) is 12.7. The Morgan fingerprint density at radius 1 is 1.35 bits per heavy atom. The molecule has 0 bridgehead atoms. The van der Waals surface area contributed by atoms with Gasteiger partial charge in [0, 0.05) is 12.2 Å². The van der Waals surface area contributed by atoms with Crippen molar-refractivity contribution in [1.82, 2.24) is 5.32 Å². The molecule has 0 spiro atoms. The van der Waals surface area contributed by atoms with Crippen molar-refractivity contribution < 1.29 is 9.84 Å². The molecule has 0 atom stereocenters. The van der Waals surface area contributed by atoms with Crippen LogP contribution in [0.25, 0.3) is 0 Å². The zero-order valence-corrected chi connectivity index (χ0v) is 10.7. The minimum atomic E-state index is -0.226. The summed E-state index contributed by atoms with van der Waals surface area (Å²) in [6.07, 6.45) is 3.14. The number of hydrogen-bond acceptors (Lipinski definition) is 3. The maximum Gasteiger partial charge on any atom is 0.184 e. The van der Waals surface area contributed by atoms with Gasteiger partial charge in [-0.2, -0.15) is 0 Å². The van der Waals surface area contributed by atoms with Crippen molar-refractivity contribution in [1.29, 1.82) is 0 Å². The molecule has 0 aliphatic rings. The van der Waals surface area contributed by atoms with Crippen LogP contribution in [0.3, 0.4) is 0 Å². The van der Waals surface area contributed by atoms with Crippen LogP contribution in [0.1, 0.15) is 12.5 Å². The molecule has 0 saturated heterocycles. The molecule has 92 valence electrons. The number of benzene rings is 1. The standard InChI is InChI=1S/C13H16ClNO2/c1-10(3-8-13(14)16)15-9-11-4-6-12(17-2)7-5-11/h3-8,15-16H,9H2,1-2H3/b10-3+,13-8-. The normalized spacial score (nSPS) is 12.4. The molecule has 2 N–H and O–H groups in total. The van der Waals surface area contributed by atoms with Gasteiger partial charge in [-0.05, 0) is 48.4 Å². The Balaban J connectivity index is 2.49. The second kappa shape index (κ2) is 6.86. The van der Waals surface area contributed by atoms with Crippen molar-refractivity contribution in [2.45, 2.75) is 13.5 Å². The Bertz CT molecular complexity index is 406. The molecule has 0 unspecified atom stereocenters. The van der Waals surface area contributed by atoms with Gasteiger partial charge in [0.1, 0.15) is 5.75 Å². The zero-order valence-electron chi connectivity index (χ0n) is 9.90. The lowest BCUT2D eigenvalue weighted by Gasteiger charge is -2.07. The highest BCUT2D eigenvalue weighted by Gasteiger charge is 1.94. The quantitative estimate of drug-likeness (QED) is 0.625. The number of methoxy groups -OCH3 is 1. The smallest absolute Gasteiger partial charge is 0.184 e. The number of ether oxygens (including phenoxy) is 1. The summed E-state index contributed by atoms with van der Waals surface area (Å²) < 4.78 is 5.08. The fourth-order valence-electron chi connectivity index (χ4n) is 1.24. The molecular formula is C13H16ClNO2. The van der Waals surface area contributed by atoms with Crippen molar-refractivity contribution in [3.63, 3.8) is 0 Å². The fraction of sp³-hybridized carbons (Fsp3) is 0.231. The van der Waals surface area contributed by atoms with Gasteiger partial charge in [0.05, 0.1) is 7.11 Å². The number of hydrogen-bond donors (Lipinski definition) is 2. The van der Waals surface area contributed by atoms with E-state index in [0.29, 0.717) is 6.54 Å².